The topological polar surface area (TPSA) is 80.3 Å². The Balaban J connectivity index is 2.10. The van der Waals surface area contributed by atoms with Gasteiger partial charge in [-0.25, -0.2) is 0 Å². The van der Waals surface area contributed by atoms with Gasteiger partial charge in [-0.3, -0.25) is 14.6 Å². The van der Waals surface area contributed by atoms with Gasteiger partial charge in [0.05, 0.1) is 6.10 Å². The van der Waals surface area contributed by atoms with Crippen LogP contribution in [0.3, 0.4) is 0 Å². The van der Waals surface area contributed by atoms with Crippen molar-refractivity contribution in [3.8, 4) is 0 Å². The molecule has 1 aromatic rings. The molecule has 0 saturated carbocycles. The average Bonchev–Trinajstić information content (AvgIpc) is 2.47. The quantitative estimate of drug-likeness (QED) is 0.545. The minimum atomic E-state index is -0.615. The van der Waals surface area contributed by atoms with E-state index in [1.54, 1.807) is 6.20 Å². The second-order valence-corrected chi connectivity index (χ2v) is 4.86. The molecule has 2 amide bonds. The van der Waals surface area contributed by atoms with Gasteiger partial charge in [0, 0.05) is 38.0 Å². The lowest BCUT2D eigenvalue weighted by Gasteiger charge is -2.08. The second kappa shape index (κ2) is 9.88. The maximum atomic E-state index is 11.5. The normalized spacial score (nSPS) is 10.4. The van der Waals surface area contributed by atoms with Crippen molar-refractivity contribution in [3.63, 3.8) is 0 Å². The molecule has 2 N–H and O–H groups in total. The van der Waals surface area contributed by atoms with Crippen LogP contribution in [0.25, 0.3) is 0 Å². The van der Waals surface area contributed by atoms with Crippen molar-refractivity contribution in [2.75, 3.05) is 19.7 Å². The van der Waals surface area contributed by atoms with Crippen LogP contribution >= 0.6 is 0 Å². The number of ether oxygens (including phenoxy) is 1. The Bertz CT molecular complexity index is 435. The van der Waals surface area contributed by atoms with E-state index in [0.717, 1.165) is 5.69 Å². The van der Waals surface area contributed by atoms with E-state index < -0.39 is 11.8 Å². The first kappa shape index (κ1) is 17.1. The van der Waals surface area contributed by atoms with Crippen LogP contribution in [0.2, 0.25) is 0 Å². The number of nitrogens with one attached hydrogen (secondary N) is 2. The minimum Gasteiger partial charge on any atom is -0.379 e. The summed E-state index contributed by atoms with van der Waals surface area (Å²) in [6.45, 7) is 5.29. The number of aromatic nitrogens is 1. The van der Waals surface area contributed by atoms with E-state index in [9.17, 15) is 9.59 Å². The smallest absolute Gasteiger partial charge is 0.309 e. The summed E-state index contributed by atoms with van der Waals surface area (Å²) in [6, 6.07) is 5.59. The number of carbonyl (C=O) groups is 2. The third-order valence-electron chi connectivity index (χ3n) is 2.66. The first-order chi connectivity index (χ1) is 10.1. The molecular weight excluding hydrogens is 270 g/mol. The van der Waals surface area contributed by atoms with Gasteiger partial charge < -0.3 is 15.4 Å². The Morgan fingerprint density at radius 2 is 1.90 bits per heavy atom. The number of hydrogen-bond donors (Lipinski definition) is 2. The molecule has 1 rings (SSSR count). The molecule has 0 aliphatic carbocycles. The summed E-state index contributed by atoms with van der Waals surface area (Å²) in [6.07, 6.45) is 3.16. The summed E-state index contributed by atoms with van der Waals surface area (Å²) >= 11 is 0. The molecule has 0 unspecified atom stereocenters. The zero-order valence-electron chi connectivity index (χ0n) is 12.6. The molecule has 0 radical (unpaired) electrons. The van der Waals surface area contributed by atoms with Gasteiger partial charge in [0.25, 0.3) is 0 Å². The fraction of sp³-hybridized carbons (Fsp3) is 0.533. The van der Waals surface area contributed by atoms with Crippen LogP contribution in [0.1, 0.15) is 26.0 Å². The van der Waals surface area contributed by atoms with E-state index in [4.69, 9.17) is 4.74 Å². The molecule has 0 fully saturated rings. The SMILES string of the molecule is CC(C)OCCCNC(=O)C(=O)NCCc1ccccn1. The Morgan fingerprint density at radius 3 is 2.52 bits per heavy atom. The molecule has 0 aromatic carbocycles. The predicted molar refractivity (Wildman–Crippen MR) is 79.7 cm³/mol. The molecular formula is C15H23N3O3. The number of carbonyl (C=O) groups excluding carboxylic acids is 2. The molecule has 0 bridgehead atoms. The third-order valence-corrected chi connectivity index (χ3v) is 2.66. The van der Waals surface area contributed by atoms with Crippen molar-refractivity contribution in [2.45, 2.75) is 32.8 Å². The van der Waals surface area contributed by atoms with Gasteiger partial charge in [0.1, 0.15) is 0 Å². The Morgan fingerprint density at radius 1 is 1.19 bits per heavy atom. The highest BCUT2D eigenvalue weighted by atomic mass is 16.5. The van der Waals surface area contributed by atoms with Gasteiger partial charge >= 0.3 is 11.8 Å². The van der Waals surface area contributed by atoms with E-state index >= 15 is 0 Å². The van der Waals surface area contributed by atoms with Crippen molar-refractivity contribution in [3.05, 3.63) is 30.1 Å². The van der Waals surface area contributed by atoms with Gasteiger partial charge in [0.2, 0.25) is 0 Å². The summed E-state index contributed by atoms with van der Waals surface area (Å²) in [5.41, 5.74) is 0.879. The molecule has 0 spiro atoms. The van der Waals surface area contributed by atoms with E-state index in [-0.39, 0.29) is 6.10 Å². The van der Waals surface area contributed by atoms with Crippen molar-refractivity contribution in [1.29, 1.82) is 0 Å². The largest absolute Gasteiger partial charge is 0.379 e. The van der Waals surface area contributed by atoms with Crippen LogP contribution in [0, 0.1) is 0 Å². The Kier molecular flexibility index (Phi) is 8.04. The van der Waals surface area contributed by atoms with E-state index in [1.165, 1.54) is 0 Å². The number of pyridine rings is 1. The monoisotopic (exact) mass is 293 g/mol. The highest BCUT2D eigenvalue weighted by Crippen LogP contribution is 1.93. The van der Waals surface area contributed by atoms with Crippen LogP contribution in [-0.2, 0) is 20.7 Å². The molecule has 6 heteroatoms. The first-order valence-corrected chi connectivity index (χ1v) is 7.17. The van der Waals surface area contributed by atoms with Gasteiger partial charge in [-0.1, -0.05) is 6.07 Å². The number of amides is 2. The van der Waals surface area contributed by atoms with E-state index in [0.29, 0.717) is 32.5 Å². The molecule has 0 aliphatic heterocycles. The minimum absolute atomic E-state index is 0.176. The maximum Gasteiger partial charge on any atom is 0.309 e. The third kappa shape index (κ3) is 8.04. The number of rotatable bonds is 8. The van der Waals surface area contributed by atoms with Gasteiger partial charge in [-0.15, -0.1) is 0 Å². The van der Waals surface area contributed by atoms with Gasteiger partial charge in [-0.05, 0) is 32.4 Å². The molecule has 0 atom stereocenters. The predicted octanol–water partition coefficient (Wildman–Crippen LogP) is 0.672. The van der Waals surface area contributed by atoms with Gasteiger partial charge in [-0.2, -0.15) is 0 Å². The zero-order chi connectivity index (χ0) is 15.5. The lowest BCUT2D eigenvalue weighted by Crippen LogP contribution is -2.41. The lowest BCUT2D eigenvalue weighted by atomic mass is 10.3. The second-order valence-electron chi connectivity index (χ2n) is 4.86. The van der Waals surface area contributed by atoms with Crippen LogP contribution in [0.4, 0.5) is 0 Å². The molecule has 0 aliphatic rings. The lowest BCUT2D eigenvalue weighted by molar-refractivity contribution is -0.139. The highest BCUT2D eigenvalue weighted by Gasteiger charge is 2.11. The number of nitrogens with zero attached hydrogens (tertiary/aromatic N) is 1. The van der Waals surface area contributed by atoms with Gasteiger partial charge in [0.15, 0.2) is 0 Å². The summed E-state index contributed by atoms with van der Waals surface area (Å²) in [5.74, 6) is -1.23. The molecule has 116 valence electrons. The molecule has 1 aromatic heterocycles. The number of hydrogen-bond acceptors (Lipinski definition) is 4. The van der Waals surface area contributed by atoms with E-state index in [2.05, 4.69) is 15.6 Å². The van der Waals surface area contributed by atoms with Crippen molar-refractivity contribution >= 4 is 11.8 Å². The summed E-state index contributed by atoms with van der Waals surface area (Å²) in [5, 5.41) is 5.13. The van der Waals surface area contributed by atoms with Crippen LogP contribution < -0.4 is 10.6 Å². The standard InChI is InChI=1S/C15H23N3O3/c1-12(2)21-11-5-9-17-14(19)15(20)18-10-7-13-6-3-4-8-16-13/h3-4,6,8,12H,5,7,9-11H2,1-2H3,(H,17,19)(H,18,20). The van der Waals surface area contributed by atoms with Crippen LogP contribution in [0.15, 0.2) is 24.4 Å². The highest BCUT2D eigenvalue weighted by molar-refractivity contribution is 6.35. The fourth-order valence-electron chi connectivity index (χ4n) is 1.60. The fourth-order valence-corrected chi connectivity index (χ4v) is 1.60. The molecule has 21 heavy (non-hydrogen) atoms. The average molecular weight is 293 g/mol. The molecule has 1 heterocycles. The van der Waals surface area contributed by atoms with Crippen molar-refractivity contribution in [2.24, 2.45) is 0 Å². The van der Waals surface area contributed by atoms with E-state index in [1.807, 2.05) is 32.0 Å². The van der Waals surface area contributed by atoms with Crippen molar-refractivity contribution < 1.29 is 14.3 Å². The Labute approximate surface area is 125 Å². The zero-order valence-corrected chi connectivity index (χ0v) is 12.6. The van der Waals surface area contributed by atoms with Crippen LogP contribution in [0.5, 0.6) is 0 Å². The maximum absolute atomic E-state index is 11.5. The molecule has 0 saturated heterocycles. The summed E-state index contributed by atoms with van der Waals surface area (Å²) < 4.78 is 5.34. The summed E-state index contributed by atoms with van der Waals surface area (Å²) in [4.78, 5) is 27.2. The van der Waals surface area contributed by atoms with Crippen molar-refractivity contribution in [1.82, 2.24) is 15.6 Å². The Hall–Kier alpha value is -1.95. The molecule has 6 nitrogen and oxygen atoms in total. The first-order valence-electron chi connectivity index (χ1n) is 7.17. The summed E-state index contributed by atoms with van der Waals surface area (Å²) in [7, 11) is 0. The van der Waals surface area contributed by atoms with Crippen LogP contribution in [-0.4, -0.2) is 42.6 Å².